The summed E-state index contributed by atoms with van der Waals surface area (Å²) in [5.74, 6) is 1.03. The molecule has 0 aromatic heterocycles. The summed E-state index contributed by atoms with van der Waals surface area (Å²) in [5, 5.41) is 3.22. The summed E-state index contributed by atoms with van der Waals surface area (Å²) < 4.78 is 0. The average Bonchev–Trinajstić information content (AvgIpc) is 2.71. The second-order valence-electron chi connectivity index (χ2n) is 3.13. The first-order valence-electron chi connectivity index (χ1n) is 4.56. The van der Waals surface area contributed by atoms with Crippen LogP contribution in [0.4, 0.5) is 0 Å². The maximum absolute atomic E-state index is 3.22. The molecule has 98 valence electrons. The van der Waals surface area contributed by atoms with Gasteiger partial charge in [-0.1, -0.05) is 12.1 Å². The number of benzene rings is 1. The van der Waals surface area contributed by atoms with E-state index in [0.29, 0.717) is 0 Å². The number of halogens is 1. The zero-order valence-electron chi connectivity index (χ0n) is 9.53. The SMILES string of the molecule is CSc1cccc(CC2=CNCS2)c1.Cl.O.O. The predicted octanol–water partition coefficient (Wildman–Crippen LogP) is 1.86. The molecule has 0 radical (unpaired) electrons. The van der Waals surface area contributed by atoms with Crippen LogP contribution < -0.4 is 5.32 Å². The third-order valence-corrected chi connectivity index (χ3v) is 3.79. The number of nitrogens with one attached hydrogen (secondary N) is 1. The molecule has 17 heavy (non-hydrogen) atoms. The third kappa shape index (κ3) is 5.70. The summed E-state index contributed by atoms with van der Waals surface area (Å²) in [6, 6.07) is 8.75. The molecule has 1 aliphatic heterocycles. The fourth-order valence-corrected chi connectivity index (χ4v) is 2.69. The lowest BCUT2D eigenvalue weighted by molar-refractivity contribution is 0.823. The molecular formula is C11H18ClNO2S2. The number of rotatable bonds is 3. The van der Waals surface area contributed by atoms with Gasteiger partial charge in [0.1, 0.15) is 0 Å². The Morgan fingerprint density at radius 3 is 2.71 bits per heavy atom. The Bertz CT molecular complexity index is 361. The molecule has 6 heteroatoms. The van der Waals surface area contributed by atoms with Crippen LogP contribution in [0, 0.1) is 0 Å². The van der Waals surface area contributed by atoms with Crippen LogP contribution in [0.5, 0.6) is 0 Å². The zero-order valence-corrected chi connectivity index (χ0v) is 12.0. The Morgan fingerprint density at radius 1 is 1.35 bits per heavy atom. The molecule has 1 aromatic carbocycles. The van der Waals surface area contributed by atoms with Crippen LogP contribution in [0.25, 0.3) is 0 Å². The lowest BCUT2D eigenvalue weighted by atomic mass is 10.1. The van der Waals surface area contributed by atoms with E-state index in [1.165, 1.54) is 15.4 Å². The second kappa shape index (κ2) is 9.67. The minimum Gasteiger partial charge on any atom is -0.412 e. The third-order valence-electron chi connectivity index (χ3n) is 2.12. The van der Waals surface area contributed by atoms with E-state index in [1.807, 2.05) is 11.8 Å². The van der Waals surface area contributed by atoms with Crippen LogP contribution in [-0.2, 0) is 6.42 Å². The van der Waals surface area contributed by atoms with E-state index in [0.717, 1.165) is 12.3 Å². The van der Waals surface area contributed by atoms with Crippen LogP contribution >= 0.6 is 35.9 Å². The van der Waals surface area contributed by atoms with Crippen LogP contribution in [0.3, 0.4) is 0 Å². The number of hydrogen-bond acceptors (Lipinski definition) is 3. The Labute approximate surface area is 116 Å². The van der Waals surface area contributed by atoms with Gasteiger partial charge < -0.3 is 16.3 Å². The highest BCUT2D eigenvalue weighted by molar-refractivity contribution is 8.03. The molecule has 0 fully saturated rings. The van der Waals surface area contributed by atoms with E-state index in [-0.39, 0.29) is 23.4 Å². The Balaban J connectivity index is 0. The van der Waals surface area contributed by atoms with Gasteiger partial charge in [-0.3, -0.25) is 0 Å². The molecule has 0 saturated heterocycles. The standard InChI is InChI=1S/C11H13NS2.ClH.2H2O/c1-13-10-4-2-3-9(5-10)6-11-7-12-8-14-11;;;/h2-5,7,12H,6,8H2,1H3;1H;2*1H2. The van der Waals surface area contributed by atoms with Gasteiger partial charge in [0.2, 0.25) is 0 Å². The highest BCUT2D eigenvalue weighted by Crippen LogP contribution is 2.24. The topological polar surface area (TPSA) is 75.0 Å². The van der Waals surface area contributed by atoms with E-state index in [1.54, 1.807) is 11.8 Å². The Morgan fingerprint density at radius 2 is 2.12 bits per heavy atom. The first-order valence-corrected chi connectivity index (χ1v) is 6.77. The van der Waals surface area contributed by atoms with Crippen molar-refractivity contribution in [3.63, 3.8) is 0 Å². The van der Waals surface area contributed by atoms with Crippen LogP contribution in [0.1, 0.15) is 5.56 Å². The van der Waals surface area contributed by atoms with Gasteiger partial charge in [0.25, 0.3) is 0 Å². The van der Waals surface area contributed by atoms with E-state index in [4.69, 9.17) is 0 Å². The van der Waals surface area contributed by atoms with Gasteiger partial charge in [-0.15, -0.1) is 35.9 Å². The Hall–Kier alpha value is -0.330. The lowest BCUT2D eigenvalue weighted by Crippen LogP contribution is -1.94. The summed E-state index contributed by atoms with van der Waals surface area (Å²) in [7, 11) is 0. The van der Waals surface area contributed by atoms with Crippen molar-refractivity contribution in [3.8, 4) is 0 Å². The molecular weight excluding hydrogens is 278 g/mol. The first-order chi connectivity index (χ1) is 6.88. The molecule has 0 amide bonds. The van der Waals surface area contributed by atoms with Crippen molar-refractivity contribution in [2.24, 2.45) is 0 Å². The van der Waals surface area contributed by atoms with Crippen LogP contribution in [0.2, 0.25) is 0 Å². The summed E-state index contributed by atoms with van der Waals surface area (Å²) in [6.45, 7) is 0. The maximum Gasteiger partial charge on any atom is 0.0649 e. The van der Waals surface area contributed by atoms with Crippen molar-refractivity contribution in [2.45, 2.75) is 11.3 Å². The van der Waals surface area contributed by atoms with Crippen molar-refractivity contribution < 1.29 is 11.0 Å². The van der Waals surface area contributed by atoms with Crippen LogP contribution in [-0.4, -0.2) is 23.1 Å². The highest BCUT2D eigenvalue weighted by Gasteiger charge is 2.05. The fraction of sp³-hybridized carbons (Fsp3) is 0.273. The van der Waals surface area contributed by atoms with Gasteiger partial charge in [-0.25, -0.2) is 0 Å². The number of thioether (sulfide) groups is 2. The fourth-order valence-electron chi connectivity index (χ4n) is 1.42. The van der Waals surface area contributed by atoms with Crippen molar-refractivity contribution in [3.05, 3.63) is 40.9 Å². The number of hydrogen-bond donors (Lipinski definition) is 1. The van der Waals surface area contributed by atoms with Gasteiger partial charge >= 0.3 is 0 Å². The molecule has 3 nitrogen and oxygen atoms in total. The molecule has 0 bridgehead atoms. The molecule has 0 spiro atoms. The van der Waals surface area contributed by atoms with Gasteiger partial charge in [-0.05, 0) is 24.0 Å². The Kier molecular flexibility index (Phi) is 10.8. The smallest absolute Gasteiger partial charge is 0.0649 e. The molecule has 0 aliphatic carbocycles. The molecule has 0 unspecified atom stereocenters. The van der Waals surface area contributed by atoms with E-state index in [9.17, 15) is 0 Å². The summed E-state index contributed by atoms with van der Waals surface area (Å²) in [4.78, 5) is 2.78. The van der Waals surface area contributed by atoms with Gasteiger partial charge in [-0.2, -0.15) is 0 Å². The molecule has 1 heterocycles. The summed E-state index contributed by atoms with van der Waals surface area (Å²) in [5.41, 5.74) is 1.40. The van der Waals surface area contributed by atoms with E-state index >= 15 is 0 Å². The molecule has 1 aromatic rings. The normalized spacial score (nSPS) is 12.4. The lowest BCUT2D eigenvalue weighted by Gasteiger charge is -2.03. The molecule has 0 saturated carbocycles. The van der Waals surface area contributed by atoms with Crippen molar-refractivity contribution in [1.29, 1.82) is 0 Å². The summed E-state index contributed by atoms with van der Waals surface area (Å²) >= 11 is 3.69. The van der Waals surface area contributed by atoms with Gasteiger partial charge in [0.05, 0.1) is 5.88 Å². The summed E-state index contributed by atoms with van der Waals surface area (Å²) in [6.07, 6.45) is 5.30. The van der Waals surface area contributed by atoms with Crippen molar-refractivity contribution in [2.75, 3.05) is 12.1 Å². The highest BCUT2D eigenvalue weighted by atomic mass is 35.5. The average molecular weight is 296 g/mol. The zero-order chi connectivity index (χ0) is 9.80. The predicted molar refractivity (Wildman–Crippen MR) is 80.1 cm³/mol. The first kappa shape index (κ1) is 19.0. The quantitative estimate of drug-likeness (QED) is 0.865. The van der Waals surface area contributed by atoms with Gasteiger partial charge in [0.15, 0.2) is 0 Å². The minimum atomic E-state index is 0. The minimum absolute atomic E-state index is 0. The van der Waals surface area contributed by atoms with Crippen molar-refractivity contribution >= 4 is 35.9 Å². The molecule has 2 rings (SSSR count). The largest absolute Gasteiger partial charge is 0.412 e. The monoisotopic (exact) mass is 295 g/mol. The second-order valence-corrected chi connectivity index (χ2v) is 5.11. The van der Waals surface area contributed by atoms with E-state index < -0.39 is 0 Å². The molecule has 0 atom stereocenters. The van der Waals surface area contributed by atoms with E-state index in [2.05, 4.69) is 42.0 Å². The van der Waals surface area contributed by atoms with Crippen molar-refractivity contribution in [1.82, 2.24) is 5.32 Å². The van der Waals surface area contributed by atoms with Crippen LogP contribution in [0.15, 0.2) is 40.3 Å². The molecule has 5 N–H and O–H groups in total. The number of allylic oxidation sites excluding steroid dienone is 1. The van der Waals surface area contributed by atoms with Gasteiger partial charge in [0, 0.05) is 22.4 Å². The molecule has 1 aliphatic rings. The maximum atomic E-state index is 3.22.